The van der Waals surface area contributed by atoms with Crippen LogP contribution < -0.4 is 14.8 Å². The first-order valence-corrected chi connectivity index (χ1v) is 10.3. The molecule has 0 spiro atoms. The molecule has 168 valence electrons. The van der Waals surface area contributed by atoms with Gasteiger partial charge in [0, 0.05) is 17.7 Å². The molecule has 2 heterocycles. The number of nitro groups is 1. The van der Waals surface area contributed by atoms with Crippen LogP contribution in [-0.4, -0.2) is 28.0 Å². The maximum absolute atomic E-state index is 12.8. The van der Waals surface area contributed by atoms with E-state index in [2.05, 4.69) is 5.32 Å². The molecule has 3 aromatic rings. The fourth-order valence-electron chi connectivity index (χ4n) is 3.27. The van der Waals surface area contributed by atoms with Crippen molar-refractivity contribution in [3.05, 3.63) is 93.6 Å². The van der Waals surface area contributed by atoms with Crippen LogP contribution in [0.5, 0.6) is 11.5 Å². The molecular formula is C23H19N3O6S. The molecule has 1 aliphatic heterocycles. The Morgan fingerprint density at radius 3 is 2.67 bits per heavy atom. The van der Waals surface area contributed by atoms with Crippen LogP contribution in [-0.2, 0) is 17.9 Å². The summed E-state index contributed by atoms with van der Waals surface area (Å²) < 4.78 is 16.5. The summed E-state index contributed by atoms with van der Waals surface area (Å²) in [7, 11) is 1.55. The first-order chi connectivity index (χ1) is 15.9. The number of carbonyl (C=O) groups excluding carboxylic acids is 1. The van der Waals surface area contributed by atoms with Crippen molar-refractivity contribution in [3.63, 3.8) is 0 Å². The molecule has 1 N–H and O–H groups in total. The summed E-state index contributed by atoms with van der Waals surface area (Å²) in [4.78, 5) is 24.6. The first-order valence-electron chi connectivity index (χ1n) is 9.85. The number of carbonyl (C=O) groups is 1. The third-order valence-corrected chi connectivity index (χ3v) is 5.24. The van der Waals surface area contributed by atoms with Crippen LogP contribution in [0.4, 0.5) is 5.69 Å². The Bertz CT molecular complexity index is 1220. The molecule has 9 nitrogen and oxygen atoms in total. The van der Waals surface area contributed by atoms with Gasteiger partial charge >= 0.3 is 0 Å². The van der Waals surface area contributed by atoms with Gasteiger partial charge in [-0.15, -0.1) is 0 Å². The van der Waals surface area contributed by atoms with Gasteiger partial charge in [-0.25, -0.2) is 0 Å². The van der Waals surface area contributed by atoms with Crippen LogP contribution in [0.2, 0.25) is 0 Å². The highest BCUT2D eigenvalue weighted by molar-refractivity contribution is 7.80. The third kappa shape index (κ3) is 5.01. The molecule has 0 radical (unpaired) electrons. The number of furan rings is 1. The highest BCUT2D eigenvalue weighted by Crippen LogP contribution is 2.25. The predicted octanol–water partition coefficient (Wildman–Crippen LogP) is 4.03. The predicted molar refractivity (Wildman–Crippen MR) is 123 cm³/mol. The van der Waals surface area contributed by atoms with Gasteiger partial charge in [-0.1, -0.05) is 6.07 Å². The van der Waals surface area contributed by atoms with Crippen LogP contribution in [0.15, 0.2) is 71.0 Å². The molecule has 10 heteroatoms. The second-order valence-corrected chi connectivity index (χ2v) is 7.46. The molecule has 2 aromatic carbocycles. The summed E-state index contributed by atoms with van der Waals surface area (Å²) in [5.41, 5.74) is 1.82. The number of nitrogens with one attached hydrogen (secondary N) is 1. The molecule has 1 amide bonds. The van der Waals surface area contributed by atoms with Crippen molar-refractivity contribution < 1.29 is 23.6 Å². The van der Waals surface area contributed by atoms with Crippen molar-refractivity contribution in [2.24, 2.45) is 0 Å². The van der Waals surface area contributed by atoms with Gasteiger partial charge in [0.05, 0.1) is 24.8 Å². The largest absolute Gasteiger partial charge is 0.496 e. The SMILES string of the molecule is COc1ccc(/C=C2/NC(=S)N(Cc3ccco3)C2=O)cc1COc1ccc([N+](=O)[O-])cc1. The van der Waals surface area contributed by atoms with E-state index < -0.39 is 4.92 Å². The quantitative estimate of drug-likeness (QED) is 0.230. The van der Waals surface area contributed by atoms with E-state index in [1.165, 1.54) is 29.2 Å². The van der Waals surface area contributed by atoms with Crippen LogP contribution in [0.25, 0.3) is 6.08 Å². The molecule has 33 heavy (non-hydrogen) atoms. The van der Waals surface area contributed by atoms with Crippen molar-refractivity contribution >= 4 is 35.0 Å². The summed E-state index contributed by atoms with van der Waals surface area (Å²) >= 11 is 5.30. The number of ether oxygens (including phenoxy) is 2. The standard InChI is InChI=1S/C23H19N3O6S/c1-30-21-9-4-15(11-16(21)14-32-18-7-5-17(6-8-18)26(28)29)12-20-22(27)25(23(33)24-20)13-19-3-2-10-31-19/h2-12H,13-14H2,1H3,(H,24,33)/b20-12+. The van der Waals surface area contributed by atoms with E-state index in [0.29, 0.717) is 28.1 Å². The van der Waals surface area contributed by atoms with Crippen LogP contribution in [0.3, 0.4) is 0 Å². The van der Waals surface area contributed by atoms with Gasteiger partial charge in [0.1, 0.15) is 29.6 Å². The molecule has 1 fully saturated rings. The normalized spacial score (nSPS) is 14.5. The van der Waals surface area contributed by atoms with Crippen molar-refractivity contribution in [1.82, 2.24) is 10.2 Å². The smallest absolute Gasteiger partial charge is 0.276 e. The van der Waals surface area contributed by atoms with Crippen molar-refractivity contribution in [3.8, 4) is 11.5 Å². The fraction of sp³-hybridized carbons (Fsp3) is 0.130. The number of nitrogens with zero attached hydrogens (tertiary/aromatic N) is 2. The summed E-state index contributed by atoms with van der Waals surface area (Å²) in [6.07, 6.45) is 3.24. The summed E-state index contributed by atoms with van der Waals surface area (Å²) in [6.45, 7) is 0.411. The van der Waals surface area contributed by atoms with Gasteiger partial charge in [0.2, 0.25) is 0 Å². The van der Waals surface area contributed by atoms with Crippen molar-refractivity contribution in [1.29, 1.82) is 0 Å². The number of benzene rings is 2. The number of hydrogen-bond acceptors (Lipinski definition) is 7. The van der Waals surface area contributed by atoms with E-state index in [1.54, 1.807) is 37.6 Å². The Balaban J connectivity index is 1.50. The molecule has 0 unspecified atom stereocenters. The monoisotopic (exact) mass is 465 g/mol. The Morgan fingerprint density at radius 1 is 1.21 bits per heavy atom. The lowest BCUT2D eigenvalue weighted by atomic mass is 10.1. The highest BCUT2D eigenvalue weighted by Gasteiger charge is 2.31. The Kier molecular flexibility index (Phi) is 6.36. The summed E-state index contributed by atoms with van der Waals surface area (Å²) in [5.74, 6) is 1.47. The highest BCUT2D eigenvalue weighted by atomic mass is 32.1. The minimum Gasteiger partial charge on any atom is -0.496 e. The maximum atomic E-state index is 12.8. The molecule has 4 rings (SSSR count). The minimum atomic E-state index is -0.469. The maximum Gasteiger partial charge on any atom is 0.276 e. The number of thiocarbonyl (C=S) groups is 1. The Hall–Kier alpha value is -4.18. The van der Waals surface area contributed by atoms with Gasteiger partial charge in [-0.05, 0) is 60.3 Å². The number of amides is 1. The fourth-order valence-corrected chi connectivity index (χ4v) is 3.52. The Labute approximate surface area is 194 Å². The zero-order valence-electron chi connectivity index (χ0n) is 17.5. The first kappa shape index (κ1) is 22.0. The van der Waals surface area contributed by atoms with Gasteiger partial charge in [-0.3, -0.25) is 19.8 Å². The molecule has 0 bridgehead atoms. The van der Waals surface area contributed by atoms with Crippen LogP contribution >= 0.6 is 12.2 Å². The summed E-state index contributed by atoms with van der Waals surface area (Å²) in [6, 6.07) is 14.8. The third-order valence-electron chi connectivity index (χ3n) is 4.91. The van der Waals surface area contributed by atoms with E-state index in [9.17, 15) is 14.9 Å². The van der Waals surface area contributed by atoms with Crippen molar-refractivity contribution in [2.75, 3.05) is 7.11 Å². The zero-order chi connectivity index (χ0) is 23.4. The molecule has 0 saturated carbocycles. The van der Waals surface area contributed by atoms with E-state index in [1.807, 2.05) is 12.1 Å². The molecule has 1 aliphatic rings. The minimum absolute atomic E-state index is 0.0127. The lowest BCUT2D eigenvalue weighted by molar-refractivity contribution is -0.384. The van der Waals surface area contributed by atoms with Gasteiger partial charge in [-0.2, -0.15) is 0 Å². The van der Waals surface area contributed by atoms with E-state index in [-0.39, 0.29) is 24.7 Å². The molecular weight excluding hydrogens is 446 g/mol. The lowest BCUT2D eigenvalue weighted by Gasteiger charge is -2.12. The second-order valence-electron chi connectivity index (χ2n) is 7.07. The number of non-ortho nitro benzene ring substituents is 1. The topological polar surface area (TPSA) is 107 Å². The second kappa shape index (κ2) is 9.53. The Morgan fingerprint density at radius 2 is 2.00 bits per heavy atom. The average molecular weight is 465 g/mol. The lowest BCUT2D eigenvalue weighted by Crippen LogP contribution is -2.29. The van der Waals surface area contributed by atoms with Crippen LogP contribution in [0.1, 0.15) is 16.9 Å². The molecule has 0 atom stereocenters. The number of methoxy groups -OCH3 is 1. The zero-order valence-corrected chi connectivity index (χ0v) is 18.3. The van der Waals surface area contributed by atoms with Gasteiger partial charge in [0.15, 0.2) is 5.11 Å². The number of rotatable bonds is 8. The summed E-state index contributed by atoms with van der Waals surface area (Å²) in [5, 5.41) is 14.0. The van der Waals surface area contributed by atoms with E-state index in [0.717, 1.165) is 11.1 Å². The molecule has 0 aliphatic carbocycles. The van der Waals surface area contributed by atoms with E-state index >= 15 is 0 Å². The van der Waals surface area contributed by atoms with Gasteiger partial charge < -0.3 is 19.2 Å². The molecule has 1 saturated heterocycles. The number of nitro benzene ring substituents is 1. The van der Waals surface area contributed by atoms with Crippen LogP contribution in [0, 0.1) is 10.1 Å². The van der Waals surface area contributed by atoms with E-state index in [4.69, 9.17) is 26.1 Å². The average Bonchev–Trinajstić information content (AvgIpc) is 3.42. The number of hydrogen-bond donors (Lipinski definition) is 1. The van der Waals surface area contributed by atoms with Gasteiger partial charge in [0.25, 0.3) is 11.6 Å². The molecule has 1 aromatic heterocycles. The van der Waals surface area contributed by atoms with Crippen molar-refractivity contribution in [2.45, 2.75) is 13.2 Å².